The zero-order valence-corrected chi connectivity index (χ0v) is 8.64. The third kappa shape index (κ3) is 2.01. The molecule has 0 N–H and O–H groups in total. The monoisotopic (exact) mass is 203 g/mol. The zero-order valence-electron chi connectivity index (χ0n) is 8.64. The van der Waals surface area contributed by atoms with Gasteiger partial charge in [0, 0.05) is 12.0 Å². The Kier molecular flexibility index (Phi) is 2.72. The first-order valence-corrected chi connectivity index (χ1v) is 4.83. The number of hydrogen-bond donors (Lipinski definition) is 0. The molecule has 0 spiro atoms. The molecule has 15 heavy (non-hydrogen) atoms. The van der Waals surface area contributed by atoms with Crippen LogP contribution in [0.25, 0.3) is 0 Å². The van der Waals surface area contributed by atoms with Crippen LogP contribution in [0.15, 0.2) is 42.1 Å². The Balaban J connectivity index is 2.20. The molecular weight excluding hydrogens is 190 g/mol. The van der Waals surface area contributed by atoms with Crippen molar-refractivity contribution < 1.29 is 9.57 Å². The van der Waals surface area contributed by atoms with Crippen LogP contribution in [0.5, 0.6) is 5.75 Å². The Morgan fingerprint density at radius 2 is 2.47 bits per heavy atom. The van der Waals surface area contributed by atoms with E-state index in [1.807, 2.05) is 24.3 Å². The van der Waals surface area contributed by atoms with Crippen molar-refractivity contribution >= 4 is 5.71 Å². The summed E-state index contributed by atoms with van der Waals surface area (Å²) in [5.74, 6) is 0.831. The molecule has 1 heterocycles. The summed E-state index contributed by atoms with van der Waals surface area (Å²) >= 11 is 0. The lowest BCUT2D eigenvalue weighted by molar-refractivity contribution is 0.120. The van der Waals surface area contributed by atoms with Crippen LogP contribution < -0.4 is 4.74 Å². The van der Waals surface area contributed by atoms with E-state index in [4.69, 9.17) is 9.57 Å². The number of oxime groups is 1. The maximum absolute atomic E-state index is 5.17. The van der Waals surface area contributed by atoms with E-state index in [2.05, 4.69) is 11.7 Å². The van der Waals surface area contributed by atoms with Crippen LogP contribution in [-0.2, 0) is 4.84 Å². The summed E-state index contributed by atoms with van der Waals surface area (Å²) in [6.45, 7) is 3.68. The fraction of sp³-hybridized carbons (Fsp3) is 0.250. The minimum atomic E-state index is 0.00574. The minimum absolute atomic E-state index is 0.00574. The summed E-state index contributed by atoms with van der Waals surface area (Å²) in [7, 11) is 1.65. The number of rotatable bonds is 3. The standard InChI is InChI=1S/C12H13NO2/c1-3-10-8-12(13-15-10)9-5-4-6-11(7-9)14-2/h3-7,10H,1,8H2,2H3/t10-/m0/s1. The second-order valence-electron chi connectivity index (χ2n) is 3.35. The first kappa shape index (κ1) is 9.77. The van der Waals surface area contributed by atoms with Crippen molar-refractivity contribution in [2.45, 2.75) is 12.5 Å². The molecule has 0 saturated carbocycles. The van der Waals surface area contributed by atoms with Crippen LogP contribution >= 0.6 is 0 Å². The number of methoxy groups -OCH3 is 1. The van der Waals surface area contributed by atoms with Crippen LogP contribution in [0, 0.1) is 0 Å². The van der Waals surface area contributed by atoms with Crippen LogP contribution in [0.3, 0.4) is 0 Å². The second kappa shape index (κ2) is 4.17. The molecule has 3 nitrogen and oxygen atoms in total. The summed E-state index contributed by atoms with van der Waals surface area (Å²) in [6, 6.07) is 7.80. The Labute approximate surface area is 89.0 Å². The third-order valence-corrected chi connectivity index (χ3v) is 2.36. The Bertz CT molecular complexity index is 398. The maximum Gasteiger partial charge on any atom is 0.151 e. The molecule has 0 amide bonds. The smallest absolute Gasteiger partial charge is 0.151 e. The zero-order chi connectivity index (χ0) is 10.7. The highest BCUT2D eigenvalue weighted by Crippen LogP contribution is 2.20. The largest absolute Gasteiger partial charge is 0.497 e. The topological polar surface area (TPSA) is 30.8 Å². The molecule has 0 radical (unpaired) electrons. The average molecular weight is 203 g/mol. The van der Waals surface area contributed by atoms with Gasteiger partial charge in [-0.25, -0.2) is 0 Å². The number of ether oxygens (including phenoxy) is 1. The van der Waals surface area contributed by atoms with E-state index >= 15 is 0 Å². The van der Waals surface area contributed by atoms with E-state index in [-0.39, 0.29) is 6.10 Å². The van der Waals surface area contributed by atoms with E-state index < -0.39 is 0 Å². The quantitative estimate of drug-likeness (QED) is 0.706. The SMILES string of the molecule is C=C[C@H]1CC(c2cccc(OC)c2)=NO1. The fourth-order valence-corrected chi connectivity index (χ4v) is 1.50. The van der Waals surface area contributed by atoms with Gasteiger partial charge in [-0.3, -0.25) is 0 Å². The van der Waals surface area contributed by atoms with Gasteiger partial charge in [-0.1, -0.05) is 23.9 Å². The molecule has 78 valence electrons. The van der Waals surface area contributed by atoms with Crippen molar-refractivity contribution in [3.63, 3.8) is 0 Å². The summed E-state index contributed by atoms with van der Waals surface area (Å²) in [4.78, 5) is 5.17. The molecule has 0 bridgehead atoms. The molecular formula is C12H13NO2. The van der Waals surface area contributed by atoms with E-state index in [9.17, 15) is 0 Å². The van der Waals surface area contributed by atoms with Crippen LogP contribution in [-0.4, -0.2) is 18.9 Å². The summed E-state index contributed by atoms with van der Waals surface area (Å²) in [5.41, 5.74) is 1.98. The second-order valence-corrected chi connectivity index (χ2v) is 3.35. The summed E-state index contributed by atoms with van der Waals surface area (Å²) in [5, 5.41) is 4.02. The van der Waals surface area contributed by atoms with Gasteiger partial charge >= 0.3 is 0 Å². The lowest BCUT2D eigenvalue weighted by Crippen LogP contribution is -2.04. The first-order chi connectivity index (χ1) is 7.33. The predicted octanol–water partition coefficient (Wildman–Crippen LogP) is 2.37. The molecule has 0 fully saturated rings. The normalized spacial score (nSPS) is 19.3. The van der Waals surface area contributed by atoms with Crippen molar-refractivity contribution in [3.05, 3.63) is 42.5 Å². The molecule has 1 atom stereocenters. The van der Waals surface area contributed by atoms with Crippen molar-refractivity contribution in [2.75, 3.05) is 7.11 Å². The number of benzene rings is 1. The van der Waals surface area contributed by atoms with Gasteiger partial charge in [0.15, 0.2) is 6.10 Å². The van der Waals surface area contributed by atoms with Crippen LogP contribution in [0.2, 0.25) is 0 Å². The molecule has 2 rings (SSSR count). The Morgan fingerprint density at radius 3 is 3.13 bits per heavy atom. The molecule has 0 aliphatic carbocycles. The van der Waals surface area contributed by atoms with Crippen molar-refractivity contribution in [2.24, 2.45) is 5.16 Å². The van der Waals surface area contributed by atoms with E-state index in [0.29, 0.717) is 0 Å². The molecule has 0 unspecified atom stereocenters. The van der Waals surface area contributed by atoms with Gasteiger partial charge in [0.25, 0.3) is 0 Å². The number of hydrogen-bond acceptors (Lipinski definition) is 3. The Hall–Kier alpha value is -1.77. The van der Waals surface area contributed by atoms with Crippen LogP contribution in [0.1, 0.15) is 12.0 Å². The first-order valence-electron chi connectivity index (χ1n) is 4.83. The molecule has 1 aliphatic rings. The molecule has 0 saturated heterocycles. The Morgan fingerprint density at radius 1 is 1.60 bits per heavy atom. The molecule has 1 aromatic carbocycles. The lowest BCUT2D eigenvalue weighted by Gasteiger charge is -2.02. The van der Waals surface area contributed by atoms with Gasteiger partial charge in [0.05, 0.1) is 12.8 Å². The summed E-state index contributed by atoms with van der Waals surface area (Å²) in [6.07, 6.45) is 2.54. The van der Waals surface area contributed by atoms with Gasteiger partial charge < -0.3 is 9.57 Å². The predicted molar refractivity (Wildman–Crippen MR) is 59.2 cm³/mol. The highest BCUT2D eigenvalue weighted by atomic mass is 16.6. The van der Waals surface area contributed by atoms with Crippen LogP contribution in [0.4, 0.5) is 0 Å². The van der Waals surface area contributed by atoms with Crippen molar-refractivity contribution in [1.82, 2.24) is 0 Å². The van der Waals surface area contributed by atoms with E-state index in [1.165, 1.54) is 0 Å². The summed E-state index contributed by atoms with van der Waals surface area (Å²) < 4.78 is 5.15. The van der Waals surface area contributed by atoms with Gasteiger partial charge in [-0.15, -0.1) is 0 Å². The van der Waals surface area contributed by atoms with Crippen molar-refractivity contribution in [1.29, 1.82) is 0 Å². The molecule has 1 aliphatic heterocycles. The number of nitrogens with zero attached hydrogens (tertiary/aromatic N) is 1. The van der Waals surface area contributed by atoms with E-state index in [1.54, 1.807) is 13.2 Å². The third-order valence-electron chi connectivity index (χ3n) is 2.36. The maximum atomic E-state index is 5.17. The molecule has 1 aromatic rings. The van der Waals surface area contributed by atoms with Gasteiger partial charge in [-0.05, 0) is 18.2 Å². The molecule has 3 heteroatoms. The van der Waals surface area contributed by atoms with Crippen molar-refractivity contribution in [3.8, 4) is 5.75 Å². The average Bonchev–Trinajstić information content (AvgIpc) is 2.78. The van der Waals surface area contributed by atoms with Gasteiger partial charge in [0.2, 0.25) is 0 Å². The highest BCUT2D eigenvalue weighted by Gasteiger charge is 2.19. The van der Waals surface area contributed by atoms with E-state index in [0.717, 1.165) is 23.4 Å². The van der Waals surface area contributed by atoms with Gasteiger partial charge in [0.1, 0.15) is 5.75 Å². The fourth-order valence-electron chi connectivity index (χ4n) is 1.50. The molecule has 0 aromatic heterocycles. The lowest BCUT2D eigenvalue weighted by atomic mass is 10.0. The minimum Gasteiger partial charge on any atom is -0.497 e. The van der Waals surface area contributed by atoms with Gasteiger partial charge in [-0.2, -0.15) is 0 Å². The highest BCUT2D eigenvalue weighted by molar-refractivity contribution is 6.01.